The van der Waals surface area contributed by atoms with Gasteiger partial charge in [-0.3, -0.25) is 4.79 Å². The Morgan fingerprint density at radius 3 is 2.19 bits per heavy atom. The van der Waals surface area contributed by atoms with Crippen molar-refractivity contribution in [1.29, 1.82) is 0 Å². The van der Waals surface area contributed by atoms with Gasteiger partial charge in [0.05, 0.1) is 6.26 Å². The number of carbonyl (C=O) groups excluding carboxylic acids is 1. The van der Waals surface area contributed by atoms with Crippen molar-refractivity contribution in [2.45, 2.75) is 25.7 Å². The Kier molecular flexibility index (Phi) is 5.62. The number of piperidine rings is 2. The predicted molar refractivity (Wildman–Crippen MR) is 82.4 cm³/mol. The van der Waals surface area contributed by atoms with Crippen molar-refractivity contribution in [2.75, 3.05) is 46.0 Å². The van der Waals surface area contributed by atoms with Crippen molar-refractivity contribution in [3.05, 3.63) is 0 Å². The average molecular weight is 317 g/mol. The van der Waals surface area contributed by atoms with E-state index in [9.17, 15) is 13.2 Å². The highest BCUT2D eigenvalue weighted by molar-refractivity contribution is 7.88. The zero-order valence-electron chi connectivity index (χ0n) is 13.0. The van der Waals surface area contributed by atoms with Crippen molar-refractivity contribution in [3.63, 3.8) is 0 Å². The molecule has 0 saturated carbocycles. The van der Waals surface area contributed by atoms with Crippen LogP contribution in [0.25, 0.3) is 0 Å². The summed E-state index contributed by atoms with van der Waals surface area (Å²) >= 11 is 0. The summed E-state index contributed by atoms with van der Waals surface area (Å²) in [5, 5.41) is 3.07. The van der Waals surface area contributed by atoms with E-state index < -0.39 is 10.0 Å². The monoisotopic (exact) mass is 317 g/mol. The SMILES string of the molecule is CN1CCC(CNC(=O)C2CCN(S(C)(=O)=O)CC2)CC1. The van der Waals surface area contributed by atoms with Crippen LogP contribution in [0.3, 0.4) is 0 Å². The Balaban J connectivity index is 1.70. The van der Waals surface area contributed by atoms with Gasteiger partial charge >= 0.3 is 0 Å². The lowest BCUT2D eigenvalue weighted by Gasteiger charge is -2.31. The van der Waals surface area contributed by atoms with Gasteiger partial charge in [-0.1, -0.05) is 0 Å². The fraction of sp³-hybridized carbons (Fsp3) is 0.929. The van der Waals surface area contributed by atoms with E-state index in [1.165, 1.54) is 10.6 Å². The first kappa shape index (κ1) is 16.7. The van der Waals surface area contributed by atoms with Crippen LogP contribution in [0.5, 0.6) is 0 Å². The van der Waals surface area contributed by atoms with Crippen molar-refractivity contribution in [2.24, 2.45) is 11.8 Å². The number of sulfonamides is 1. The van der Waals surface area contributed by atoms with Crippen molar-refractivity contribution < 1.29 is 13.2 Å². The summed E-state index contributed by atoms with van der Waals surface area (Å²) in [7, 11) is -0.983. The molecule has 2 saturated heterocycles. The second-order valence-corrected chi connectivity index (χ2v) is 8.41. The van der Waals surface area contributed by atoms with E-state index >= 15 is 0 Å². The van der Waals surface area contributed by atoms with Gasteiger partial charge in [0.2, 0.25) is 15.9 Å². The number of amides is 1. The van der Waals surface area contributed by atoms with Crippen molar-refractivity contribution >= 4 is 15.9 Å². The van der Waals surface area contributed by atoms with E-state index in [2.05, 4.69) is 17.3 Å². The van der Waals surface area contributed by atoms with Gasteiger partial charge < -0.3 is 10.2 Å². The Labute approximate surface area is 127 Å². The third-order valence-electron chi connectivity index (χ3n) is 4.70. The van der Waals surface area contributed by atoms with Gasteiger partial charge in [0, 0.05) is 25.6 Å². The standard InChI is InChI=1S/C14H27N3O3S/c1-16-7-3-12(4-8-16)11-15-14(18)13-5-9-17(10-6-13)21(2,19)20/h12-13H,3-11H2,1-2H3,(H,15,18). The largest absolute Gasteiger partial charge is 0.356 e. The predicted octanol–water partition coefficient (Wildman–Crippen LogP) is 0.116. The molecule has 0 aromatic heterocycles. The van der Waals surface area contributed by atoms with Crippen molar-refractivity contribution in [3.8, 4) is 0 Å². The first-order chi connectivity index (χ1) is 9.86. The molecule has 6 nitrogen and oxygen atoms in total. The summed E-state index contributed by atoms with van der Waals surface area (Å²) in [5.41, 5.74) is 0. The van der Waals surface area contributed by atoms with E-state index in [1.54, 1.807) is 0 Å². The molecule has 0 aromatic carbocycles. The normalized spacial score (nSPS) is 24.1. The maximum Gasteiger partial charge on any atom is 0.223 e. The Bertz CT molecular complexity index is 450. The number of rotatable bonds is 4. The van der Waals surface area contributed by atoms with E-state index in [4.69, 9.17) is 0 Å². The molecule has 0 aliphatic carbocycles. The highest BCUT2D eigenvalue weighted by atomic mass is 32.2. The van der Waals surface area contributed by atoms with Crippen LogP contribution in [0.1, 0.15) is 25.7 Å². The minimum atomic E-state index is -3.11. The maximum atomic E-state index is 12.2. The fourth-order valence-corrected chi connectivity index (χ4v) is 3.98. The first-order valence-electron chi connectivity index (χ1n) is 7.77. The zero-order chi connectivity index (χ0) is 15.5. The minimum absolute atomic E-state index is 0.0331. The van der Waals surface area contributed by atoms with Crippen LogP contribution in [0.2, 0.25) is 0 Å². The quantitative estimate of drug-likeness (QED) is 0.799. The lowest BCUT2D eigenvalue weighted by molar-refractivity contribution is -0.126. The minimum Gasteiger partial charge on any atom is -0.356 e. The van der Waals surface area contributed by atoms with E-state index in [0.717, 1.165) is 32.5 Å². The van der Waals surface area contributed by atoms with Gasteiger partial charge in [-0.25, -0.2) is 12.7 Å². The van der Waals surface area contributed by atoms with Crippen LogP contribution in [0.15, 0.2) is 0 Å². The molecule has 1 N–H and O–H groups in total. The molecule has 2 fully saturated rings. The number of nitrogens with one attached hydrogen (secondary N) is 1. The van der Waals surface area contributed by atoms with Gasteiger partial charge in [-0.15, -0.1) is 0 Å². The lowest BCUT2D eigenvalue weighted by Crippen LogP contribution is -2.44. The molecule has 2 rings (SSSR count). The third-order valence-corrected chi connectivity index (χ3v) is 6.00. The summed E-state index contributed by atoms with van der Waals surface area (Å²) in [6, 6.07) is 0. The molecule has 2 aliphatic heterocycles. The fourth-order valence-electron chi connectivity index (χ4n) is 3.11. The third kappa shape index (κ3) is 4.93. The molecule has 7 heteroatoms. The maximum absolute atomic E-state index is 12.2. The van der Waals surface area contributed by atoms with Crippen LogP contribution >= 0.6 is 0 Å². The number of likely N-dealkylation sites (tertiary alicyclic amines) is 1. The molecule has 0 aromatic rings. The number of hydrogen-bond donors (Lipinski definition) is 1. The van der Waals surface area contributed by atoms with Gasteiger partial charge in [0.1, 0.15) is 0 Å². The van der Waals surface area contributed by atoms with Gasteiger partial charge in [0.15, 0.2) is 0 Å². The number of nitrogens with zero attached hydrogens (tertiary/aromatic N) is 2. The molecular weight excluding hydrogens is 290 g/mol. The molecule has 0 unspecified atom stereocenters. The summed E-state index contributed by atoms with van der Waals surface area (Å²) in [6.07, 6.45) is 4.78. The Hall–Kier alpha value is -0.660. The smallest absolute Gasteiger partial charge is 0.223 e. The van der Waals surface area contributed by atoms with E-state index in [0.29, 0.717) is 31.8 Å². The average Bonchev–Trinajstić information content (AvgIpc) is 2.45. The van der Waals surface area contributed by atoms with E-state index in [1.807, 2.05) is 0 Å². The van der Waals surface area contributed by atoms with Crippen LogP contribution in [0.4, 0.5) is 0 Å². The molecule has 0 radical (unpaired) electrons. The van der Waals surface area contributed by atoms with Crippen molar-refractivity contribution in [1.82, 2.24) is 14.5 Å². The highest BCUT2D eigenvalue weighted by Gasteiger charge is 2.29. The molecule has 2 aliphatic rings. The zero-order valence-corrected chi connectivity index (χ0v) is 13.9. The topological polar surface area (TPSA) is 69.7 Å². The number of carbonyl (C=O) groups is 1. The molecule has 122 valence electrons. The summed E-state index contributed by atoms with van der Waals surface area (Å²) in [6.45, 7) is 3.90. The van der Waals surface area contributed by atoms with Crippen LogP contribution in [0, 0.1) is 11.8 Å². The van der Waals surface area contributed by atoms with E-state index in [-0.39, 0.29) is 11.8 Å². The molecule has 0 atom stereocenters. The van der Waals surface area contributed by atoms with Crippen LogP contribution in [-0.2, 0) is 14.8 Å². The Morgan fingerprint density at radius 1 is 1.10 bits per heavy atom. The molecule has 0 spiro atoms. The molecule has 21 heavy (non-hydrogen) atoms. The second-order valence-electron chi connectivity index (χ2n) is 6.43. The van der Waals surface area contributed by atoms with Crippen LogP contribution < -0.4 is 5.32 Å². The second kappa shape index (κ2) is 7.07. The highest BCUT2D eigenvalue weighted by Crippen LogP contribution is 2.20. The van der Waals surface area contributed by atoms with Gasteiger partial charge in [-0.2, -0.15) is 0 Å². The van der Waals surface area contributed by atoms with Crippen LogP contribution in [-0.4, -0.2) is 69.6 Å². The molecule has 0 bridgehead atoms. The lowest BCUT2D eigenvalue weighted by atomic mass is 9.95. The van der Waals surface area contributed by atoms with Gasteiger partial charge in [0.25, 0.3) is 0 Å². The van der Waals surface area contributed by atoms with Gasteiger partial charge in [-0.05, 0) is 51.7 Å². The molecule has 2 heterocycles. The summed E-state index contributed by atoms with van der Waals surface area (Å²) in [5.74, 6) is 0.651. The number of hydrogen-bond acceptors (Lipinski definition) is 4. The molecular formula is C14H27N3O3S. The molecule has 1 amide bonds. The summed E-state index contributed by atoms with van der Waals surface area (Å²) < 4.78 is 24.4. The summed E-state index contributed by atoms with van der Waals surface area (Å²) in [4.78, 5) is 14.5. The first-order valence-corrected chi connectivity index (χ1v) is 9.62. The Morgan fingerprint density at radius 2 is 1.67 bits per heavy atom.